The Bertz CT molecular complexity index is 641. The van der Waals surface area contributed by atoms with Gasteiger partial charge in [0.25, 0.3) is 0 Å². The first kappa shape index (κ1) is 16.0. The van der Waals surface area contributed by atoms with Gasteiger partial charge in [-0.3, -0.25) is 4.79 Å². The van der Waals surface area contributed by atoms with Gasteiger partial charge in [0.05, 0.1) is 4.90 Å². The molecule has 1 aromatic rings. The molecule has 0 atom stereocenters. The molecule has 0 bridgehead atoms. The third-order valence-corrected chi connectivity index (χ3v) is 6.11. The molecular weight excluding hydrogens is 288 g/mol. The summed E-state index contributed by atoms with van der Waals surface area (Å²) in [6.45, 7) is 7.17. The van der Waals surface area contributed by atoms with Gasteiger partial charge in [0.2, 0.25) is 10.0 Å². The van der Waals surface area contributed by atoms with Gasteiger partial charge < -0.3 is 5.73 Å². The Morgan fingerprint density at radius 2 is 1.43 bits per heavy atom. The van der Waals surface area contributed by atoms with E-state index in [4.69, 9.17) is 5.73 Å². The quantitative estimate of drug-likeness (QED) is 0.849. The second-order valence-electron chi connectivity index (χ2n) is 6.86. The van der Waals surface area contributed by atoms with E-state index in [0.717, 1.165) is 0 Å². The zero-order valence-electron chi connectivity index (χ0n) is 12.9. The molecule has 0 saturated carbocycles. The lowest BCUT2D eigenvalue weighted by Gasteiger charge is -2.50. The first-order valence-corrected chi connectivity index (χ1v) is 8.34. The van der Waals surface area contributed by atoms with E-state index in [9.17, 15) is 13.2 Å². The fraction of sp³-hybridized carbons (Fsp3) is 0.533. The lowest BCUT2D eigenvalue weighted by molar-refractivity contribution is -0.128. The van der Waals surface area contributed by atoms with Crippen molar-refractivity contribution in [2.24, 2.45) is 0 Å². The summed E-state index contributed by atoms with van der Waals surface area (Å²) in [4.78, 5) is 12.1. The molecule has 1 aliphatic heterocycles. The van der Waals surface area contributed by atoms with Crippen molar-refractivity contribution in [3.63, 3.8) is 0 Å². The number of benzene rings is 1. The molecule has 0 amide bonds. The number of rotatable bonds is 2. The van der Waals surface area contributed by atoms with Crippen LogP contribution in [0, 0.1) is 0 Å². The van der Waals surface area contributed by atoms with Crippen LogP contribution in [0.25, 0.3) is 0 Å². The van der Waals surface area contributed by atoms with Gasteiger partial charge in [-0.15, -0.1) is 0 Å². The fourth-order valence-corrected chi connectivity index (χ4v) is 5.51. The van der Waals surface area contributed by atoms with E-state index in [0.29, 0.717) is 5.69 Å². The van der Waals surface area contributed by atoms with Crippen LogP contribution in [0.2, 0.25) is 0 Å². The van der Waals surface area contributed by atoms with Crippen LogP contribution >= 0.6 is 0 Å². The summed E-state index contributed by atoms with van der Waals surface area (Å²) in [5, 5.41) is 0. The number of sulfonamides is 1. The van der Waals surface area contributed by atoms with E-state index in [-0.39, 0.29) is 23.5 Å². The lowest BCUT2D eigenvalue weighted by Crippen LogP contribution is -2.62. The van der Waals surface area contributed by atoms with Gasteiger partial charge in [0.15, 0.2) is 0 Å². The number of nitrogens with zero attached hydrogens (tertiary/aromatic N) is 1. The van der Waals surface area contributed by atoms with E-state index in [1.807, 2.05) is 0 Å². The molecule has 21 heavy (non-hydrogen) atoms. The van der Waals surface area contributed by atoms with Crippen molar-refractivity contribution >= 4 is 21.5 Å². The molecule has 2 N–H and O–H groups in total. The predicted octanol–water partition coefficient (Wildman–Crippen LogP) is 2.18. The van der Waals surface area contributed by atoms with E-state index in [1.54, 1.807) is 39.8 Å². The van der Waals surface area contributed by atoms with Crippen LogP contribution in [-0.4, -0.2) is 29.6 Å². The molecule has 1 heterocycles. The van der Waals surface area contributed by atoms with Gasteiger partial charge >= 0.3 is 0 Å². The monoisotopic (exact) mass is 310 g/mol. The number of hydrogen-bond donors (Lipinski definition) is 1. The number of hydrogen-bond acceptors (Lipinski definition) is 4. The minimum absolute atomic E-state index is 0.0914. The van der Waals surface area contributed by atoms with Gasteiger partial charge in [0, 0.05) is 29.6 Å². The molecule has 0 unspecified atom stereocenters. The summed E-state index contributed by atoms with van der Waals surface area (Å²) in [7, 11) is -3.69. The van der Waals surface area contributed by atoms with Crippen molar-refractivity contribution in [2.75, 3.05) is 5.73 Å². The SMILES string of the molecule is CC1(C)CC(=O)CC(C)(C)N1S(=O)(=O)c1ccc(N)cc1. The zero-order chi connectivity index (χ0) is 16.1. The maximum atomic E-state index is 13.0. The highest BCUT2D eigenvalue weighted by Gasteiger charge is 2.51. The molecular formula is C15H22N2O3S. The molecule has 6 heteroatoms. The van der Waals surface area contributed by atoms with Crippen LogP contribution in [0.4, 0.5) is 5.69 Å². The van der Waals surface area contributed by atoms with Crippen LogP contribution in [-0.2, 0) is 14.8 Å². The Balaban J connectivity index is 2.56. The molecule has 0 spiro atoms. The van der Waals surface area contributed by atoms with Crippen molar-refractivity contribution in [3.8, 4) is 0 Å². The van der Waals surface area contributed by atoms with Gasteiger partial charge in [0.1, 0.15) is 5.78 Å². The maximum absolute atomic E-state index is 13.0. The fourth-order valence-electron chi connectivity index (χ4n) is 3.39. The highest BCUT2D eigenvalue weighted by molar-refractivity contribution is 7.89. The Hall–Kier alpha value is -1.40. The smallest absolute Gasteiger partial charge is 0.244 e. The van der Waals surface area contributed by atoms with Crippen LogP contribution in [0.3, 0.4) is 0 Å². The third kappa shape index (κ3) is 2.82. The van der Waals surface area contributed by atoms with Crippen LogP contribution in [0.1, 0.15) is 40.5 Å². The molecule has 1 fully saturated rings. The number of carbonyl (C=O) groups excluding carboxylic acids is 1. The Labute approximate surface area is 126 Å². The third-order valence-electron chi connectivity index (χ3n) is 3.78. The predicted molar refractivity (Wildman–Crippen MR) is 82.3 cm³/mol. The van der Waals surface area contributed by atoms with Gasteiger partial charge in [-0.1, -0.05) is 0 Å². The molecule has 2 rings (SSSR count). The summed E-state index contributed by atoms with van der Waals surface area (Å²) in [6, 6.07) is 6.16. The summed E-state index contributed by atoms with van der Waals surface area (Å²) in [5.41, 5.74) is 4.63. The van der Waals surface area contributed by atoms with Crippen molar-refractivity contribution in [1.29, 1.82) is 0 Å². The second kappa shape index (κ2) is 4.81. The Kier molecular flexibility index (Phi) is 3.66. The number of ketones is 1. The topological polar surface area (TPSA) is 80.5 Å². The van der Waals surface area contributed by atoms with Gasteiger partial charge in [-0.05, 0) is 52.0 Å². The molecule has 0 aliphatic carbocycles. The Morgan fingerprint density at radius 1 is 1.00 bits per heavy atom. The second-order valence-corrected chi connectivity index (χ2v) is 8.64. The minimum atomic E-state index is -3.69. The first-order chi connectivity index (χ1) is 9.47. The molecule has 5 nitrogen and oxygen atoms in total. The van der Waals surface area contributed by atoms with Crippen molar-refractivity contribution in [3.05, 3.63) is 24.3 Å². The van der Waals surface area contributed by atoms with Crippen LogP contribution in [0.5, 0.6) is 0 Å². The van der Waals surface area contributed by atoms with E-state index >= 15 is 0 Å². The number of anilines is 1. The highest BCUT2D eigenvalue weighted by Crippen LogP contribution is 2.41. The normalized spacial score (nSPS) is 22.2. The van der Waals surface area contributed by atoms with Gasteiger partial charge in [-0.25, -0.2) is 8.42 Å². The molecule has 1 saturated heterocycles. The average molecular weight is 310 g/mol. The van der Waals surface area contributed by atoms with Crippen molar-refractivity contribution < 1.29 is 13.2 Å². The van der Waals surface area contributed by atoms with Crippen molar-refractivity contribution in [2.45, 2.75) is 56.5 Å². The Morgan fingerprint density at radius 3 is 1.86 bits per heavy atom. The van der Waals surface area contributed by atoms with Crippen LogP contribution < -0.4 is 5.73 Å². The summed E-state index contributed by atoms with van der Waals surface area (Å²) < 4.78 is 27.5. The van der Waals surface area contributed by atoms with Crippen LogP contribution in [0.15, 0.2) is 29.2 Å². The number of nitrogens with two attached hydrogens (primary N) is 1. The molecule has 0 radical (unpaired) electrons. The number of Topliss-reactive ketones (excluding diaryl/α,β-unsaturated/α-hetero) is 1. The standard InChI is InChI=1S/C15H22N2O3S/c1-14(2)9-12(18)10-15(3,4)17(14)21(19,20)13-7-5-11(16)6-8-13/h5-8H,9-10,16H2,1-4H3. The van der Waals surface area contributed by atoms with E-state index in [1.165, 1.54) is 16.4 Å². The lowest BCUT2D eigenvalue weighted by atomic mass is 9.82. The number of carbonyl (C=O) groups is 1. The van der Waals surface area contributed by atoms with Crippen molar-refractivity contribution in [1.82, 2.24) is 4.31 Å². The minimum Gasteiger partial charge on any atom is -0.399 e. The summed E-state index contributed by atoms with van der Waals surface area (Å²) in [5.74, 6) is 0.0914. The number of piperidine rings is 1. The molecule has 1 aromatic carbocycles. The van der Waals surface area contributed by atoms with E-state index < -0.39 is 21.1 Å². The zero-order valence-corrected chi connectivity index (χ0v) is 13.7. The summed E-state index contributed by atoms with van der Waals surface area (Å²) >= 11 is 0. The average Bonchev–Trinajstić information content (AvgIpc) is 2.24. The maximum Gasteiger partial charge on any atom is 0.244 e. The van der Waals surface area contributed by atoms with Gasteiger partial charge in [-0.2, -0.15) is 4.31 Å². The highest BCUT2D eigenvalue weighted by atomic mass is 32.2. The largest absolute Gasteiger partial charge is 0.399 e. The summed E-state index contributed by atoms with van der Waals surface area (Å²) in [6.07, 6.45) is 0.454. The number of nitrogen functional groups attached to an aromatic ring is 1. The molecule has 0 aromatic heterocycles. The van der Waals surface area contributed by atoms with E-state index in [2.05, 4.69) is 0 Å². The molecule has 116 valence electrons. The first-order valence-electron chi connectivity index (χ1n) is 6.90. The molecule has 1 aliphatic rings.